The monoisotopic (exact) mass is 377 g/mol. The predicted octanol–water partition coefficient (Wildman–Crippen LogP) is 3.81. The Bertz CT molecular complexity index is 861. The molecule has 0 atom stereocenters. The molecule has 5 rings (SSSR count). The molecule has 0 bridgehead atoms. The highest BCUT2D eigenvalue weighted by Gasteiger charge is 2.25. The lowest BCUT2D eigenvalue weighted by atomic mass is 10.0. The van der Waals surface area contributed by atoms with Crippen LogP contribution in [0.4, 0.5) is 5.82 Å². The average Bonchev–Trinajstić information content (AvgIpc) is 3.46. The highest BCUT2D eigenvalue weighted by Crippen LogP contribution is 2.31. The Hall–Kier alpha value is -2.40. The van der Waals surface area contributed by atoms with Crippen LogP contribution >= 0.6 is 0 Å². The lowest BCUT2D eigenvalue weighted by Gasteiger charge is -2.18. The summed E-state index contributed by atoms with van der Waals surface area (Å²) >= 11 is 0. The van der Waals surface area contributed by atoms with Crippen molar-refractivity contribution in [1.29, 1.82) is 0 Å². The number of amides is 1. The van der Waals surface area contributed by atoms with Gasteiger partial charge in [-0.2, -0.15) is 0 Å². The van der Waals surface area contributed by atoms with E-state index in [0.717, 1.165) is 44.0 Å². The Kier molecular flexibility index (Phi) is 4.77. The van der Waals surface area contributed by atoms with Gasteiger partial charge in [0, 0.05) is 32.6 Å². The quantitative estimate of drug-likeness (QED) is 0.795. The van der Waals surface area contributed by atoms with Crippen molar-refractivity contribution in [2.24, 2.45) is 5.92 Å². The van der Waals surface area contributed by atoms with Gasteiger partial charge in [0.25, 0.3) is 0 Å². The molecule has 5 nitrogen and oxygen atoms in total. The van der Waals surface area contributed by atoms with Gasteiger partial charge in [-0.05, 0) is 73.4 Å². The molecule has 1 amide bonds. The van der Waals surface area contributed by atoms with E-state index in [4.69, 9.17) is 4.74 Å². The van der Waals surface area contributed by atoms with Crippen molar-refractivity contribution in [2.75, 3.05) is 31.1 Å². The summed E-state index contributed by atoms with van der Waals surface area (Å²) in [6.07, 6.45) is 8.29. The van der Waals surface area contributed by atoms with E-state index in [1.807, 2.05) is 12.1 Å². The minimum atomic E-state index is 0.155. The molecule has 1 aliphatic carbocycles. The Balaban J connectivity index is 1.25. The fraction of sp³-hybridized carbons (Fsp3) is 0.478. The van der Waals surface area contributed by atoms with Crippen molar-refractivity contribution in [3.05, 3.63) is 47.7 Å². The molecule has 146 valence electrons. The van der Waals surface area contributed by atoms with E-state index in [0.29, 0.717) is 18.0 Å². The first-order valence-electron chi connectivity index (χ1n) is 10.5. The standard InChI is InChI=1S/C23H27N3O2/c27-23-2-1-11-26(23)22-8-7-21(15-24-22)28-20-6-5-18-9-12-25(16-17-3-4-17)13-10-19(18)14-20/h5-8,14-15,17H,1-4,9-13,16H2. The van der Waals surface area contributed by atoms with Crippen molar-refractivity contribution in [2.45, 2.75) is 38.5 Å². The van der Waals surface area contributed by atoms with E-state index < -0.39 is 0 Å². The zero-order valence-electron chi connectivity index (χ0n) is 16.3. The minimum Gasteiger partial charge on any atom is -0.456 e. The van der Waals surface area contributed by atoms with Gasteiger partial charge in [-0.25, -0.2) is 4.98 Å². The number of fused-ring (bicyclic) bond motifs is 1. The van der Waals surface area contributed by atoms with Crippen LogP contribution in [-0.2, 0) is 17.6 Å². The van der Waals surface area contributed by atoms with Crippen LogP contribution in [-0.4, -0.2) is 42.0 Å². The van der Waals surface area contributed by atoms with E-state index >= 15 is 0 Å². The fourth-order valence-corrected chi connectivity index (χ4v) is 4.28. The van der Waals surface area contributed by atoms with E-state index in [2.05, 4.69) is 28.1 Å². The molecular weight excluding hydrogens is 350 g/mol. The van der Waals surface area contributed by atoms with Gasteiger partial charge < -0.3 is 9.64 Å². The summed E-state index contributed by atoms with van der Waals surface area (Å²) in [7, 11) is 0. The largest absolute Gasteiger partial charge is 0.456 e. The number of hydrogen-bond donors (Lipinski definition) is 0. The normalized spacial score (nSPS) is 20.1. The third-order valence-corrected chi connectivity index (χ3v) is 6.09. The number of pyridine rings is 1. The molecule has 3 heterocycles. The van der Waals surface area contributed by atoms with Gasteiger partial charge in [-0.15, -0.1) is 0 Å². The molecule has 1 aromatic heterocycles. The van der Waals surface area contributed by atoms with Crippen LogP contribution in [0.3, 0.4) is 0 Å². The van der Waals surface area contributed by atoms with Gasteiger partial charge in [0.1, 0.15) is 17.3 Å². The van der Waals surface area contributed by atoms with Gasteiger partial charge >= 0.3 is 0 Å². The van der Waals surface area contributed by atoms with Crippen molar-refractivity contribution in [3.63, 3.8) is 0 Å². The van der Waals surface area contributed by atoms with E-state index in [1.165, 1.54) is 37.1 Å². The number of aromatic nitrogens is 1. The second kappa shape index (κ2) is 7.55. The summed E-state index contributed by atoms with van der Waals surface area (Å²) < 4.78 is 6.05. The summed E-state index contributed by atoms with van der Waals surface area (Å²) in [5.41, 5.74) is 2.86. The molecule has 28 heavy (non-hydrogen) atoms. The zero-order valence-corrected chi connectivity index (χ0v) is 16.3. The van der Waals surface area contributed by atoms with Crippen LogP contribution in [0, 0.1) is 5.92 Å². The molecule has 0 radical (unpaired) electrons. The third kappa shape index (κ3) is 3.90. The van der Waals surface area contributed by atoms with Gasteiger partial charge in [-0.1, -0.05) is 6.07 Å². The molecule has 1 aromatic carbocycles. The first-order chi connectivity index (χ1) is 13.7. The van der Waals surface area contributed by atoms with Crippen molar-refractivity contribution in [1.82, 2.24) is 9.88 Å². The van der Waals surface area contributed by atoms with Gasteiger partial charge in [-0.3, -0.25) is 9.69 Å². The summed E-state index contributed by atoms with van der Waals surface area (Å²) in [4.78, 5) is 20.7. The first kappa shape index (κ1) is 17.7. The third-order valence-electron chi connectivity index (χ3n) is 6.09. The first-order valence-corrected chi connectivity index (χ1v) is 10.5. The van der Waals surface area contributed by atoms with Crippen LogP contribution in [0.2, 0.25) is 0 Å². The summed E-state index contributed by atoms with van der Waals surface area (Å²) in [6.45, 7) is 4.35. The molecule has 1 saturated heterocycles. The Morgan fingerprint density at radius 2 is 1.79 bits per heavy atom. The molecule has 1 saturated carbocycles. The fourth-order valence-electron chi connectivity index (χ4n) is 4.28. The Morgan fingerprint density at radius 3 is 2.50 bits per heavy atom. The zero-order chi connectivity index (χ0) is 18.9. The van der Waals surface area contributed by atoms with Gasteiger partial charge in [0.2, 0.25) is 5.91 Å². The highest BCUT2D eigenvalue weighted by atomic mass is 16.5. The number of benzene rings is 1. The lowest BCUT2D eigenvalue weighted by Crippen LogP contribution is -2.28. The lowest BCUT2D eigenvalue weighted by molar-refractivity contribution is -0.117. The Labute approximate surface area is 166 Å². The van der Waals surface area contributed by atoms with Gasteiger partial charge in [0.15, 0.2) is 0 Å². The number of rotatable bonds is 5. The van der Waals surface area contributed by atoms with Crippen LogP contribution in [0.1, 0.15) is 36.8 Å². The summed E-state index contributed by atoms with van der Waals surface area (Å²) in [5, 5.41) is 0. The number of carbonyl (C=O) groups excluding carboxylic acids is 1. The number of carbonyl (C=O) groups is 1. The molecule has 0 spiro atoms. The molecule has 0 N–H and O–H groups in total. The molecule has 5 heteroatoms. The predicted molar refractivity (Wildman–Crippen MR) is 109 cm³/mol. The molecule has 0 unspecified atom stereocenters. The van der Waals surface area contributed by atoms with Crippen molar-refractivity contribution >= 4 is 11.7 Å². The van der Waals surface area contributed by atoms with E-state index in [-0.39, 0.29) is 5.91 Å². The number of anilines is 1. The average molecular weight is 377 g/mol. The molecule has 2 fully saturated rings. The van der Waals surface area contributed by atoms with Crippen LogP contribution in [0.5, 0.6) is 11.5 Å². The molecule has 2 aliphatic heterocycles. The van der Waals surface area contributed by atoms with Crippen molar-refractivity contribution < 1.29 is 9.53 Å². The van der Waals surface area contributed by atoms with Crippen LogP contribution < -0.4 is 9.64 Å². The maximum atomic E-state index is 11.9. The summed E-state index contributed by atoms with van der Waals surface area (Å²) in [6, 6.07) is 10.2. The second-order valence-electron chi connectivity index (χ2n) is 8.28. The number of ether oxygens (including phenoxy) is 1. The second-order valence-corrected chi connectivity index (χ2v) is 8.28. The SMILES string of the molecule is O=C1CCCN1c1ccc(Oc2ccc3c(c2)CCN(CC2CC2)CC3)cn1. The van der Waals surface area contributed by atoms with Crippen LogP contribution in [0.25, 0.3) is 0 Å². The van der Waals surface area contributed by atoms with E-state index in [9.17, 15) is 4.79 Å². The van der Waals surface area contributed by atoms with E-state index in [1.54, 1.807) is 11.1 Å². The Morgan fingerprint density at radius 1 is 0.964 bits per heavy atom. The number of nitrogens with zero attached hydrogens (tertiary/aromatic N) is 3. The van der Waals surface area contributed by atoms with Crippen LogP contribution in [0.15, 0.2) is 36.5 Å². The minimum absolute atomic E-state index is 0.155. The summed E-state index contributed by atoms with van der Waals surface area (Å²) in [5.74, 6) is 3.39. The number of hydrogen-bond acceptors (Lipinski definition) is 4. The molecular formula is C23H27N3O2. The molecule has 2 aromatic rings. The smallest absolute Gasteiger partial charge is 0.228 e. The topological polar surface area (TPSA) is 45.7 Å². The maximum Gasteiger partial charge on any atom is 0.228 e. The molecule has 3 aliphatic rings. The maximum absolute atomic E-state index is 11.9. The van der Waals surface area contributed by atoms with Crippen molar-refractivity contribution in [3.8, 4) is 11.5 Å². The highest BCUT2D eigenvalue weighted by molar-refractivity contribution is 5.94. The van der Waals surface area contributed by atoms with Gasteiger partial charge in [0.05, 0.1) is 6.20 Å².